The molecule has 2 aromatic heterocycles. The van der Waals surface area contributed by atoms with E-state index in [2.05, 4.69) is 35.6 Å². The number of fused-ring (bicyclic) bond motifs is 1. The van der Waals surface area contributed by atoms with Crippen molar-refractivity contribution in [2.45, 2.75) is 25.9 Å². The van der Waals surface area contributed by atoms with Crippen molar-refractivity contribution >= 4 is 33.0 Å². The minimum atomic E-state index is -0.149. The van der Waals surface area contributed by atoms with E-state index >= 15 is 0 Å². The maximum Gasteiger partial charge on any atom is 0.0985 e. The largest absolute Gasteiger partial charge is 0.270 e. The van der Waals surface area contributed by atoms with Crippen LogP contribution in [0.25, 0.3) is 10.1 Å². The van der Waals surface area contributed by atoms with E-state index in [1.165, 1.54) is 10.1 Å². The summed E-state index contributed by atoms with van der Waals surface area (Å²) >= 11 is 8.05. The van der Waals surface area contributed by atoms with Gasteiger partial charge in [-0.2, -0.15) is 5.10 Å². The van der Waals surface area contributed by atoms with Crippen LogP contribution in [0.15, 0.2) is 36.5 Å². The molecule has 0 aliphatic rings. The lowest BCUT2D eigenvalue weighted by atomic mass is 10.1. The normalized spacial score (nSPS) is 12.9. The molecule has 0 spiro atoms. The third-order valence-corrected chi connectivity index (χ3v) is 4.91. The second-order valence-corrected chi connectivity index (χ2v) is 6.41. The first-order chi connectivity index (χ1) is 10.2. The number of hydrogen-bond donors (Lipinski definition) is 2. The highest BCUT2D eigenvalue weighted by molar-refractivity contribution is 7.19. The number of benzene rings is 1. The van der Waals surface area contributed by atoms with Crippen LogP contribution in [0.4, 0.5) is 0 Å². The zero-order valence-corrected chi connectivity index (χ0v) is 13.3. The summed E-state index contributed by atoms with van der Waals surface area (Å²) in [6, 6.07) is 10.3. The molecule has 0 saturated carbocycles. The Morgan fingerprint density at radius 2 is 2.24 bits per heavy atom. The fraction of sp³-hybridized carbons (Fsp3) is 0.267. The van der Waals surface area contributed by atoms with Gasteiger partial charge in [-0.25, -0.2) is 5.43 Å². The van der Waals surface area contributed by atoms with Crippen molar-refractivity contribution in [1.82, 2.24) is 15.2 Å². The lowest BCUT2D eigenvalue weighted by Gasteiger charge is -2.17. The number of nitrogens with one attached hydrogen (secondary N) is 1. The average Bonchev–Trinajstić information content (AvgIpc) is 3.06. The molecule has 0 amide bonds. The molecular weight excluding hydrogens is 304 g/mol. The molecule has 1 atom stereocenters. The molecule has 0 saturated heterocycles. The van der Waals surface area contributed by atoms with Crippen molar-refractivity contribution in [3.8, 4) is 0 Å². The van der Waals surface area contributed by atoms with E-state index in [0.29, 0.717) is 5.02 Å². The number of aromatic nitrogens is 2. The standard InChI is InChI=1S/C15H17ClN4S/c1-2-7-20-15(11(16)9-18-20)14(19-17)13-8-10-5-3-4-6-12(10)21-13/h3-6,8-9,14,19H,2,7,17H2,1H3. The summed E-state index contributed by atoms with van der Waals surface area (Å²) in [7, 11) is 0. The van der Waals surface area contributed by atoms with Crippen molar-refractivity contribution in [2.24, 2.45) is 5.84 Å². The molecular formula is C15H17ClN4S. The van der Waals surface area contributed by atoms with Crippen LogP contribution < -0.4 is 11.3 Å². The van der Waals surface area contributed by atoms with Gasteiger partial charge >= 0.3 is 0 Å². The number of nitrogens with zero attached hydrogens (tertiary/aromatic N) is 2. The SMILES string of the molecule is CCCn1ncc(Cl)c1C(NN)c1cc2ccccc2s1. The van der Waals surface area contributed by atoms with Crippen LogP contribution in [0, 0.1) is 0 Å². The van der Waals surface area contributed by atoms with E-state index in [9.17, 15) is 0 Å². The lowest BCUT2D eigenvalue weighted by Crippen LogP contribution is -2.30. The molecule has 4 nitrogen and oxygen atoms in total. The highest BCUT2D eigenvalue weighted by atomic mass is 35.5. The summed E-state index contributed by atoms with van der Waals surface area (Å²) in [5.41, 5.74) is 3.81. The summed E-state index contributed by atoms with van der Waals surface area (Å²) in [6.07, 6.45) is 2.68. The fourth-order valence-corrected chi connectivity index (χ4v) is 3.87. The van der Waals surface area contributed by atoms with Crippen LogP contribution in [0.1, 0.15) is 30.0 Å². The molecule has 1 aromatic carbocycles. The van der Waals surface area contributed by atoms with Gasteiger partial charge < -0.3 is 0 Å². The number of rotatable bonds is 5. The van der Waals surface area contributed by atoms with Crippen LogP contribution in [0.2, 0.25) is 5.02 Å². The summed E-state index contributed by atoms with van der Waals surface area (Å²) in [4.78, 5) is 1.14. The Kier molecular flexibility index (Phi) is 4.26. The van der Waals surface area contributed by atoms with Gasteiger partial charge in [0.25, 0.3) is 0 Å². The minimum Gasteiger partial charge on any atom is -0.270 e. The van der Waals surface area contributed by atoms with Crippen LogP contribution >= 0.6 is 22.9 Å². The number of hydrogen-bond acceptors (Lipinski definition) is 4. The second-order valence-electron chi connectivity index (χ2n) is 4.89. The number of hydrazine groups is 1. The van der Waals surface area contributed by atoms with E-state index in [0.717, 1.165) is 23.5 Å². The van der Waals surface area contributed by atoms with E-state index in [1.54, 1.807) is 17.5 Å². The smallest absolute Gasteiger partial charge is 0.0985 e. The van der Waals surface area contributed by atoms with Crippen molar-refractivity contribution in [3.63, 3.8) is 0 Å². The molecule has 110 valence electrons. The Bertz CT molecular complexity index is 716. The summed E-state index contributed by atoms with van der Waals surface area (Å²) < 4.78 is 3.17. The van der Waals surface area contributed by atoms with Gasteiger partial charge in [0.1, 0.15) is 0 Å². The van der Waals surface area contributed by atoms with Crippen LogP contribution in [-0.2, 0) is 6.54 Å². The van der Waals surface area contributed by atoms with Crippen molar-refractivity contribution in [2.75, 3.05) is 0 Å². The van der Waals surface area contributed by atoms with Gasteiger partial charge in [-0.15, -0.1) is 11.3 Å². The summed E-state index contributed by atoms with van der Waals surface area (Å²) in [6.45, 7) is 2.94. The highest BCUT2D eigenvalue weighted by Crippen LogP contribution is 2.35. The van der Waals surface area contributed by atoms with Gasteiger partial charge in [-0.1, -0.05) is 36.7 Å². The Morgan fingerprint density at radius 3 is 2.95 bits per heavy atom. The average molecular weight is 321 g/mol. The molecule has 0 fully saturated rings. The topological polar surface area (TPSA) is 55.9 Å². The fourth-order valence-electron chi connectivity index (χ4n) is 2.49. The molecule has 0 bridgehead atoms. The lowest BCUT2D eigenvalue weighted by molar-refractivity contribution is 0.525. The van der Waals surface area contributed by atoms with E-state index < -0.39 is 0 Å². The Labute approximate surface area is 132 Å². The van der Waals surface area contributed by atoms with Crippen LogP contribution in [0.5, 0.6) is 0 Å². The van der Waals surface area contributed by atoms with Crippen LogP contribution in [-0.4, -0.2) is 9.78 Å². The third-order valence-electron chi connectivity index (χ3n) is 3.44. The molecule has 3 rings (SSSR count). The highest BCUT2D eigenvalue weighted by Gasteiger charge is 2.22. The Morgan fingerprint density at radius 1 is 1.43 bits per heavy atom. The van der Waals surface area contributed by atoms with E-state index in [1.807, 2.05) is 16.8 Å². The summed E-state index contributed by atoms with van der Waals surface area (Å²) in [5, 5.41) is 6.21. The quantitative estimate of drug-likeness (QED) is 0.556. The van der Waals surface area contributed by atoms with Crippen molar-refractivity contribution in [3.05, 3.63) is 52.1 Å². The maximum atomic E-state index is 6.33. The zero-order chi connectivity index (χ0) is 14.8. The number of thiophene rings is 1. The van der Waals surface area contributed by atoms with Gasteiger partial charge in [0.05, 0.1) is 23.0 Å². The van der Waals surface area contributed by atoms with Crippen molar-refractivity contribution < 1.29 is 0 Å². The first kappa shape index (κ1) is 14.5. The van der Waals surface area contributed by atoms with Gasteiger partial charge in [-0.05, 0) is 23.9 Å². The number of nitrogens with two attached hydrogens (primary N) is 1. The van der Waals surface area contributed by atoms with Gasteiger partial charge in [0.15, 0.2) is 0 Å². The second kappa shape index (κ2) is 6.15. The summed E-state index contributed by atoms with van der Waals surface area (Å²) in [5.74, 6) is 5.81. The molecule has 0 aliphatic carbocycles. The van der Waals surface area contributed by atoms with Gasteiger partial charge in [0, 0.05) is 16.1 Å². The molecule has 0 radical (unpaired) electrons. The van der Waals surface area contributed by atoms with Crippen LogP contribution in [0.3, 0.4) is 0 Å². The maximum absolute atomic E-state index is 6.33. The van der Waals surface area contributed by atoms with Gasteiger partial charge in [0.2, 0.25) is 0 Å². The number of aryl methyl sites for hydroxylation is 1. The molecule has 6 heteroatoms. The molecule has 1 unspecified atom stereocenters. The molecule has 21 heavy (non-hydrogen) atoms. The molecule has 2 heterocycles. The predicted molar refractivity (Wildman–Crippen MR) is 88.5 cm³/mol. The first-order valence-corrected chi connectivity index (χ1v) is 8.09. The predicted octanol–water partition coefficient (Wildman–Crippen LogP) is 3.71. The number of halogens is 1. The Hall–Kier alpha value is -1.40. The minimum absolute atomic E-state index is 0.149. The first-order valence-electron chi connectivity index (χ1n) is 6.90. The van der Waals surface area contributed by atoms with Gasteiger partial charge in [-0.3, -0.25) is 10.5 Å². The molecule has 3 N–H and O–H groups in total. The molecule has 0 aliphatic heterocycles. The third kappa shape index (κ3) is 2.70. The molecule has 3 aromatic rings. The Balaban J connectivity index is 2.07. The van der Waals surface area contributed by atoms with Crippen molar-refractivity contribution in [1.29, 1.82) is 0 Å². The zero-order valence-electron chi connectivity index (χ0n) is 11.7. The monoisotopic (exact) mass is 320 g/mol. The van der Waals surface area contributed by atoms with E-state index in [-0.39, 0.29) is 6.04 Å². The van der Waals surface area contributed by atoms with E-state index in [4.69, 9.17) is 17.4 Å².